The summed E-state index contributed by atoms with van der Waals surface area (Å²) in [5.74, 6) is 2.35. The average Bonchev–Trinajstić information content (AvgIpc) is 3.08. The third-order valence-electron chi connectivity index (χ3n) is 2.77. The van der Waals surface area contributed by atoms with Gasteiger partial charge in [0.25, 0.3) is 0 Å². The van der Waals surface area contributed by atoms with E-state index in [0.717, 1.165) is 29.3 Å². The van der Waals surface area contributed by atoms with Crippen LogP contribution in [0.2, 0.25) is 0 Å². The molecule has 0 amide bonds. The molecule has 0 saturated heterocycles. The summed E-state index contributed by atoms with van der Waals surface area (Å²) in [5, 5.41) is 10.9. The van der Waals surface area contributed by atoms with Gasteiger partial charge >= 0.3 is 0 Å². The first-order valence-corrected chi connectivity index (χ1v) is 6.73. The summed E-state index contributed by atoms with van der Waals surface area (Å²) in [7, 11) is 0. The molecule has 0 radical (unpaired) electrons. The first-order valence-electron chi connectivity index (χ1n) is 5.94. The molecule has 3 rings (SSSR count). The van der Waals surface area contributed by atoms with E-state index in [4.69, 9.17) is 0 Å². The van der Waals surface area contributed by atoms with Gasteiger partial charge in [-0.3, -0.25) is 4.68 Å². The molecular weight excluding hydrogens is 296 g/mol. The molecular formula is C11H13BrN6. The van der Waals surface area contributed by atoms with Crippen molar-refractivity contribution in [3.8, 4) is 0 Å². The van der Waals surface area contributed by atoms with Gasteiger partial charge < -0.3 is 5.32 Å². The first kappa shape index (κ1) is 11.6. The van der Waals surface area contributed by atoms with Crippen LogP contribution in [0.4, 0.5) is 5.82 Å². The zero-order valence-electron chi connectivity index (χ0n) is 9.75. The molecule has 0 atom stereocenters. The highest BCUT2D eigenvalue weighted by Gasteiger charge is 2.27. The Kier molecular flexibility index (Phi) is 3.22. The van der Waals surface area contributed by atoms with Gasteiger partial charge in [-0.1, -0.05) is 5.21 Å². The molecule has 0 spiro atoms. The average molecular weight is 309 g/mol. The molecule has 7 heteroatoms. The van der Waals surface area contributed by atoms with Crippen LogP contribution in [0.3, 0.4) is 0 Å². The van der Waals surface area contributed by atoms with Crippen molar-refractivity contribution in [2.45, 2.75) is 25.3 Å². The van der Waals surface area contributed by atoms with Crippen LogP contribution < -0.4 is 5.32 Å². The van der Waals surface area contributed by atoms with Crippen LogP contribution in [-0.2, 0) is 6.54 Å². The number of nitrogens with one attached hydrogen (secondary N) is 1. The van der Waals surface area contributed by atoms with Crippen molar-refractivity contribution >= 4 is 21.7 Å². The van der Waals surface area contributed by atoms with Crippen LogP contribution in [0.15, 0.2) is 23.1 Å². The first-order chi connectivity index (χ1) is 8.81. The number of aromatic nitrogens is 5. The second kappa shape index (κ2) is 5.01. The highest BCUT2D eigenvalue weighted by Crippen LogP contribution is 2.38. The van der Waals surface area contributed by atoms with Crippen LogP contribution in [0.25, 0.3) is 0 Å². The topological polar surface area (TPSA) is 68.5 Å². The summed E-state index contributed by atoms with van der Waals surface area (Å²) < 4.78 is 2.62. The van der Waals surface area contributed by atoms with Gasteiger partial charge in [0.15, 0.2) is 0 Å². The lowest BCUT2D eigenvalue weighted by Crippen LogP contribution is -2.12. The molecule has 2 heterocycles. The number of hydrogen-bond acceptors (Lipinski definition) is 5. The fourth-order valence-corrected chi connectivity index (χ4v) is 2.10. The number of halogens is 1. The van der Waals surface area contributed by atoms with Gasteiger partial charge in [-0.2, -0.15) is 0 Å². The number of nitrogens with zero attached hydrogens (tertiary/aromatic N) is 5. The molecule has 1 saturated carbocycles. The van der Waals surface area contributed by atoms with Gasteiger partial charge in [0.2, 0.25) is 0 Å². The Morgan fingerprint density at radius 2 is 2.28 bits per heavy atom. The standard InChI is InChI=1S/C11H13BrN6/c12-9-7-10(16-11(15-9)8-1-2-8)13-3-5-18-6-4-14-17-18/h4,6-8H,1-3,5H2,(H,13,15,16). The Bertz CT molecular complexity index is 522. The minimum Gasteiger partial charge on any atom is -0.368 e. The molecule has 0 unspecified atom stereocenters. The summed E-state index contributed by atoms with van der Waals surface area (Å²) in [6, 6.07) is 1.90. The third-order valence-corrected chi connectivity index (χ3v) is 3.18. The molecule has 18 heavy (non-hydrogen) atoms. The van der Waals surface area contributed by atoms with Gasteiger partial charge in [0.05, 0.1) is 12.7 Å². The lowest BCUT2D eigenvalue weighted by atomic mass is 10.4. The molecule has 0 aliphatic heterocycles. The van der Waals surface area contributed by atoms with E-state index < -0.39 is 0 Å². The molecule has 0 aromatic carbocycles. The highest BCUT2D eigenvalue weighted by atomic mass is 79.9. The van der Waals surface area contributed by atoms with Gasteiger partial charge in [0.1, 0.15) is 16.2 Å². The molecule has 2 aromatic heterocycles. The molecule has 1 aliphatic rings. The quantitative estimate of drug-likeness (QED) is 0.853. The minimum atomic E-state index is 0.554. The number of hydrogen-bond donors (Lipinski definition) is 1. The maximum atomic E-state index is 4.52. The summed E-state index contributed by atoms with van der Waals surface area (Å²) >= 11 is 3.42. The smallest absolute Gasteiger partial charge is 0.135 e. The van der Waals surface area contributed by atoms with E-state index in [1.165, 1.54) is 12.8 Å². The van der Waals surface area contributed by atoms with Crippen LogP contribution in [0, 0.1) is 0 Å². The Balaban J connectivity index is 1.61. The van der Waals surface area contributed by atoms with E-state index in [1.54, 1.807) is 10.9 Å². The van der Waals surface area contributed by atoms with Gasteiger partial charge in [-0.15, -0.1) is 5.10 Å². The molecule has 0 bridgehead atoms. The van der Waals surface area contributed by atoms with Crippen LogP contribution in [0.5, 0.6) is 0 Å². The van der Waals surface area contributed by atoms with Crippen molar-refractivity contribution in [2.75, 3.05) is 11.9 Å². The van der Waals surface area contributed by atoms with E-state index in [1.807, 2.05) is 12.3 Å². The largest absolute Gasteiger partial charge is 0.368 e. The number of anilines is 1. The van der Waals surface area contributed by atoms with E-state index in [-0.39, 0.29) is 0 Å². The van der Waals surface area contributed by atoms with Crippen LogP contribution in [-0.4, -0.2) is 31.5 Å². The maximum Gasteiger partial charge on any atom is 0.135 e. The minimum absolute atomic E-state index is 0.554. The highest BCUT2D eigenvalue weighted by molar-refractivity contribution is 9.10. The molecule has 1 N–H and O–H groups in total. The molecule has 2 aromatic rings. The van der Waals surface area contributed by atoms with Crippen molar-refractivity contribution in [2.24, 2.45) is 0 Å². The normalized spacial score (nSPS) is 14.7. The lowest BCUT2D eigenvalue weighted by molar-refractivity contribution is 0.608. The zero-order valence-corrected chi connectivity index (χ0v) is 11.3. The lowest BCUT2D eigenvalue weighted by Gasteiger charge is -2.07. The van der Waals surface area contributed by atoms with E-state index in [2.05, 4.69) is 41.5 Å². The van der Waals surface area contributed by atoms with Crippen LogP contribution >= 0.6 is 15.9 Å². The maximum absolute atomic E-state index is 4.52. The summed E-state index contributed by atoms with van der Waals surface area (Å²) in [4.78, 5) is 8.91. The Morgan fingerprint density at radius 1 is 1.39 bits per heavy atom. The van der Waals surface area contributed by atoms with Crippen molar-refractivity contribution in [3.05, 3.63) is 28.9 Å². The third kappa shape index (κ3) is 2.84. The van der Waals surface area contributed by atoms with Crippen molar-refractivity contribution < 1.29 is 0 Å². The SMILES string of the molecule is Brc1cc(NCCn2ccnn2)nc(C2CC2)n1. The van der Waals surface area contributed by atoms with Gasteiger partial charge in [-0.05, 0) is 28.8 Å². The predicted molar refractivity (Wildman–Crippen MR) is 70.2 cm³/mol. The fraction of sp³-hybridized carbons (Fsp3) is 0.455. The summed E-state index contributed by atoms with van der Waals surface area (Å²) in [6.07, 6.45) is 5.92. The monoisotopic (exact) mass is 308 g/mol. The van der Waals surface area contributed by atoms with Crippen molar-refractivity contribution in [1.82, 2.24) is 25.0 Å². The van der Waals surface area contributed by atoms with Crippen molar-refractivity contribution in [1.29, 1.82) is 0 Å². The Hall–Kier alpha value is -1.50. The summed E-state index contributed by atoms with van der Waals surface area (Å²) in [6.45, 7) is 1.53. The van der Waals surface area contributed by atoms with Gasteiger partial charge in [0, 0.05) is 24.7 Å². The zero-order chi connectivity index (χ0) is 12.4. The van der Waals surface area contributed by atoms with Crippen LogP contribution in [0.1, 0.15) is 24.6 Å². The van der Waals surface area contributed by atoms with Gasteiger partial charge in [-0.25, -0.2) is 9.97 Å². The van der Waals surface area contributed by atoms with E-state index in [9.17, 15) is 0 Å². The number of rotatable bonds is 5. The second-order valence-electron chi connectivity index (χ2n) is 4.30. The van der Waals surface area contributed by atoms with E-state index in [0.29, 0.717) is 5.92 Å². The second-order valence-corrected chi connectivity index (χ2v) is 5.11. The predicted octanol–water partition coefficient (Wildman–Crippen LogP) is 1.82. The molecule has 1 aliphatic carbocycles. The summed E-state index contributed by atoms with van der Waals surface area (Å²) in [5.41, 5.74) is 0. The molecule has 6 nitrogen and oxygen atoms in total. The molecule has 1 fully saturated rings. The van der Waals surface area contributed by atoms with Crippen molar-refractivity contribution in [3.63, 3.8) is 0 Å². The Morgan fingerprint density at radius 3 is 3.00 bits per heavy atom. The molecule has 94 valence electrons. The Labute approximate surface area is 113 Å². The van der Waals surface area contributed by atoms with E-state index >= 15 is 0 Å². The fourth-order valence-electron chi connectivity index (χ4n) is 1.70.